The highest BCUT2D eigenvalue weighted by Crippen LogP contribution is 1.96. The predicted molar refractivity (Wildman–Crippen MR) is 52.5 cm³/mol. The molecule has 1 atom stereocenters. The van der Waals surface area contributed by atoms with Gasteiger partial charge in [-0.05, 0) is 13.3 Å². The van der Waals surface area contributed by atoms with Gasteiger partial charge in [0.1, 0.15) is 6.54 Å². The van der Waals surface area contributed by atoms with Crippen LogP contribution in [0, 0.1) is 0 Å². The molecule has 0 saturated heterocycles. The first-order valence-electron chi connectivity index (χ1n) is 4.64. The molecule has 82 valence electrons. The fourth-order valence-electron chi connectivity index (χ4n) is 1.05. The highest BCUT2D eigenvalue weighted by molar-refractivity contribution is 5.85. The summed E-state index contributed by atoms with van der Waals surface area (Å²) in [7, 11) is 1.29. The van der Waals surface area contributed by atoms with Gasteiger partial charge in [0.15, 0.2) is 0 Å². The van der Waals surface area contributed by atoms with Gasteiger partial charge >= 0.3 is 5.97 Å². The molecule has 0 spiro atoms. The van der Waals surface area contributed by atoms with E-state index in [1.54, 1.807) is 6.92 Å². The smallest absolute Gasteiger partial charge is 0.325 e. The zero-order chi connectivity index (χ0) is 11.1. The van der Waals surface area contributed by atoms with E-state index in [1.165, 1.54) is 12.0 Å². The maximum Gasteiger partial charge on any atom is 0.325 e. The van der Waals surface area contributed by atoms with Crippen molar-refractivity contribution in [3.8, 4) is 0 Å². The van der Waals surface area contributed by atoms with E-state index in [0.29, 0.717) is 6.54 Å². The van der Waals surface area contributed by atoms with Gasteiger partial charge in [0.05, 0.1) is 13.2 Å². The van der Waals surface area contributed by atoms with Gasteiger partial charge in [-0.1, -0.05) is 6.92 Å². The summed E-state index contributed by atoms with van der Waals surface area (Å²) >= 11 is 0. The first-order chi connectivity index (χ1) is 6.52. The second-order valence-corrected chi connectivity index (χ2v) is 3.12. The van der Waals surface area contributed by atoms with Crippen molar-refractivity contribution in [2.75, 3.05) is 20.2 Å². The Hall–Kier alpha value is -1.10. The van der Waals surface area contributed by atoms with Crippen LogP contribution in [0.4, 0.5) is 0 Å². The average molecular weight is 202 g/mol. The highest BCUT2D eigenvalue weighted by atomic mass is 16.5. The fourth-order valence-corrected chi connectivity index (χ4v) is 1.05. The third-order valence-corrected chi connectivity index (χ3v) is 1.74. The maximum atomic E-state index is 11.5. The summed E-state index contributed by atoms with van der Waals surface area (Å²) in [4.78, 5) is 23.9. The number of rotatable bonds is 5. The van der Waals surface area contributed by atoms with Crippen LogP contribution in [-0.4, -0.2) is 43.0 Å². The number of nitrogens with zero attached hydrogens (tertiary/aromatic N) is 1. The van der Waals surface area contributed by atoms with Crippen LogP contribution in [-0.2, 0) is 14.3 Å². The molecular formula is C9H18N2O3. The first kappa shape index (κ1) is 12.9. The van der Waals surface area contributed by atoms with Crippen LogP contribution in [0.5, 0.6) is 0 Å². The van der Waals surface area contributed by atoms with Crippen molar-refractivity contribution in [2.24, 2.45) is 5.73 Å². The van der Waals surface area contributed by atoms with Gasteiger partial charge in [0, 0.05) is 6.54 Å². The van der Waals surface area contributed by atoms with E-state index in [1.807, 2.05) is 6.92 Å². The van der Waals surface area contributed by atoms with Crippen LogP contribution in [0.1, 0.15) is 20.3 Å². The molecule has 14 heavy (non-hydrogen) atoms. The molecule has 5 heteroatoms. The van der Waals surface area contributed by atoms with E-state index in [9.17, 15) is 9.59 Å². The number of ether oxygens (including phenoxy) is 1. The van der Waals surface area contributed by atoms with E-state index in [-0.39, 0.29) is 12.5 Å². The van der Waals surface area contributed by atoms with Crippen molar-refractivity contribution in [3.63, 3.8) is 0 Å². The lowest BCUT2D eigenvalue weighted by Gasteiger charge is -2.22. The summed E-state index contributed by atoms with van der Waals surface area (Å²) in [5.74, 6) is -0.648. The molecule has 0 aliphatic carbocycles. The summed E-state index contributed by atoms with van der Waals surface area (Å²) in [6.45, 7) is 4.03. The van der Waals surface area contributed by atoms with Crippen molar-refractivity contribution in [2.45, 2.75) is 26.3 Å². The summed E-state index contributed by atoms with van der Waals surface area (Å²) in [5.41, 5.74) is 5.44. The van der Waals surface area contributed by atoms with Crippen LogP contribution in [0.3, 0.4) is 0 Å². The number of hydrogen-bond acceptors (Lipinski definition) is 4. The van der Waals surface area contributed by atoms with Crippen LogP contribution in [0.2, 0.25) is 0 Å². The number of amides is 1. The molecule has 0 unspecified atom stereocenters. The Balaban J connectivity index is 4.28. The molecule has 0 bridgehead atoms. The molecule has 0 aromatic carbocycles. The lowest BCUT2D eigenvalue weighted by molar-refractivity contribution is -0.147. The average Bonchev–Trinajstić information content (AvgIpc) is 2.15. The van der Waals surface area contributed by atoms with E-state index in [4.69, 9.17) is 5.73 Å². The Kier molecular flexibility index (Phi) is 5.87. The second-order valence-electron chi connectivity index (χ2n) is 3.12. The monoisotopic (exact) mass is 202 g/mol. The fraction of sp³-hybridized carbons (Fsp3) is 0.778. The number of carbonyl (C=O) groups is 2. The zero-order valence-corrected chi connectivity index (χ0v) is 8.95. The molecule has 0 aliphatic heterocycles. The minimum Gasteiger partial charge on any atom is -0.468 e. The number of nitrogens with two attached hydrogens (primary N) is 1. The Morgan fingerprint density at radius 1 is 1.50 bits per heavy atom. The lowest BCUT2D eigenvalue weighted by Crippen LogP contribution is -2.45. The molecule has 0 heterocycles. The normalized spacial score (nSPS) is 12.0. The third kappa shape index (κ3) is 4.23. The van der Waals surface area contributed by atoms with Crippen LogP contribution >= 0.6 is 0 Å². The number of methoxy groups -OCH3 is 1. The SMILES string of the molecule is CCCN(CC(=O)OC)C(=O)[C@H](C)N. The third-order valence-electron chi connectivity index (χ3n) is 1.74. The summed E-state index contributed by atoms with van der Waals surface area (Å²) < 4.78 is 4.48. The topological polar surface area (TPSA) is 72.6 Å². The van der Waals surface area contributed by atoms with Gasteiger partial charge in [0.25, 0.3) is 0 Å². The molecule has 2 N–H and O–H groups in total. The van der Waals surface area contributed by atoms with Gasteiger partial charge in [-0.2, -0.15) is 0 Å². The van der Waals surface area contributed by atoms with Gasteiger partial charge in [-0.15, -0.1) is 0 Å². The molecule has 0 radical (unpaired) electrons. The summed E-state index contributed by atoms with van der Waals surface area (Å²) in [6.07, 6.45) is 0.787. The second kappa shape index (κ2) is 6.37. The van der Waals surface area contributed by atoms with Gasteiger partial charge < -0.3 is 15.4 Å². The molecule has 1 amide bonds. The van der Waals surface area contributed by atoms with E-state index in [0.717, 1.165) is 6.42 Å². The molecule has 0 aromatic rings. The van der Waals surface area contributed by atoms with Crippen LogP contribution < -0.4 is 5.73 Å². The van der Waals surface area contributed by atoms with Crippen molar-refractivity contribution in [1.82, 2.24) is 4.90 Å². The van der Waals surface area contributed by atoms with Crippen molar-refractivity contribution in [3.05, 3.63) is 0 Å². The predicted octanol–water partition coefficient (Wildman–Crippen LogP) is -0.255. The molecule has 0 aromatic heterocycles. The van der Waals surface area contributed by atoms with E-state index in [2.05, 4.69) is 4.74 Å². The van der Waals surface area contributed by atoms with Crippen molar-refractivity contribution < 1.29 is 14.3 Å². The summed E-state index contributed by atoms with van der Waals surface area (Å²) in [6, 6.07) is -0.578. The Bertz CT molecular complexity index is 204. The maximum absolute atomic E-state index is 11.5. The van der Waals surface area contributed by atoms with Crippen LogP contribution in [0.25, 0.3) is 0 Å². The van der Waals surface area contributed by atoms with Gasteiger partial charge in [0.2, 0.25) is 5.91 Å². The molecular weight excluding hydrogens is 184 g/mol. The van der Waals surface area contributed by atoms with Crippen LogP contribution in [0.15, 0.2) is 0 Å². The number of hydrogen-bond donors (Lipinski definition) is 1. The minimum absolute atomic E-state index is 0.0231. The van der Waals surface area contributed by atoms with Crippen molar-refractivity contribution in [1.29, 1.82) is 0 Å². The zero-order valence-electron chi connectivity index (χ0n) is 8.95. The highest BCUT2D eigenvalue weighted by Gasteiger charge is 2.19. The Morgan fingerprint density at radius 3 is 2.43 bits per heavy atom. The minimum atomic E-state index is -0.578. The van der Waals surface area contributed by atoms with E-state index >= 15 is 0 Å². The summed E-state index contributed by atoms with van der Waals surface area (Å²) in [5, 5.41) is 0. The van der Waals surface area contributed by atoms with Gasteiger partial charge in [-0.3, -0.25) is 9.59 Å². The largest absolute Gasteiger partial charge is 0.468 e. The quantitative estimate of drug-likeness (QED) is 0.624. The number of carbonyl (C=O) groups excluding carboxylic acids is 2. The molecule has 0 aliphatic rings. The standard InChI is InChI=1S/C9H18N2O3/c1-4-5-11(6-8(12)14-3)9(13)7(2)10/h7H,4-6,10H2,1-3H3/t7-/m0/s1. The molecule has 0 saturated carbocycles. The molecule has 5 nitrogen and oxygen atoms in total. The number of esters is 1. The Morgan fingerprint density at radius 2 is 2.07 bits per heavy atom. The van der Waals surface area contributed by atoms with Crippen molar-refractivity contribution >= 4 is 11.9 Å². The Labute approximate surface area is 84.2 Å². The lowest BCUT2D eigenvalue weighted by atomic mass is 10.3. The van der Waals surface area contributed by atoms with Gasteiger partial charge in [-0.25, -0.2) is 0 Å². The van der Waals surface area contributed by atoms with E-state index < -0.39 is 12.0 Å². The molecule has 0 rings (SSSR count). The molecule has 0 fully saturated rings. The first-order valence-corrected chi connectivity index (χ1v) is 4.64.